The van der Waals surface area contributed by atoms with Crippen molar-refractivity contribution >= 4 is 33.0 Å². The largest absolute Gasteiger partial charge is 0.326 e. The molecule has 1 saturated carbocycles. The third kappa shape index (κ3) is 5.65. The Labute approximate surface area is 177 Å². The molecule has 158 valence electrons. The van der Waals surface area contributed by atoms with Gasteiger partial charge in [0.15, 0.2) is 0 Å². The van der Waals surface area contributed by atoms with Crippen molar-refractivity contribution in [2.75, 3.05) is 5.32 Å². The molecule has 0 saturated heterocycles. The van der Waals surface area contributed by atoms with Crippen LogP contribution in [0.25, 0.3) is 10.4 Å². The lowest BCUT2D eigenvalue weighted by atomic mass is 9.90. The number of benzene rings is 1. The van der Waals surface area contributed by atoms with Crippen molar-refractivity contribution in [3.8, 4) is 10.4 Å². The average molecular weight is 436 g/mol. The lowest BCUT2D eigenvalue weighted by molar-refractivity contribution is -0.114. The monoisotopic (exact) mass is 435 g/mol. The molecule has 0 unspecified atom stereocenters. The minimum Gasteiger partial charge on any atom is -0.326 e. The molecule has 2 aromatic rings. The fourth-order valence-electron chi connectivity index (χ4n) is 3.64. The number of carbonyl (C=O) groups excluding carboxylic acids is 1. The molecule has 3 rings (SSSR count). The number of thiazole rings is 1. The standard InChI is InChI=1S/C21H29N3O3S2/c1-14(25)23-16-10-11-17(19(12-16)29(26,27)24-21(2,3)4)18-13-22-20(28-18)15-8-6-5-7-9-15/h10-13,15,24H,5-9H2,1-4H3,(H,23,25). The van der Waals surface area contributed by atoms with Gasteiger partial charge < -0.3 is 5.32 Å². The van der Waals surface area contributed by atoms with Crippen LogP contribution in [0.3, 0.4) is 0 Å². The molecule has 0 spiro atoms. The van der Waals surface area contributed by atoms with Crippen molar-refractivity contribution in [1.29, 1.82) is 0 Å². The van der Waals surface area contributed by atoms with Crippen molar-refractivity contribution in [3.63, 3.8) is 0 Å². The third-order valence-electron chi connectivity index (χ3n) is 4.78. The van der Waals surface area contributed by atoms with E-state index in [0.717, 1.165) is 22.7 Å². The van der Waals surface area contributed by atoms with Crippen LogP contribution < -0.4 is 10.0 Å². The van der Waals surface area contributed by atoms with E-state index in [4.69, 9.17) is 0 Å². The Morgan fingerprint density at radius 2 is 1.86 bits per heavy atom. The minimum atomic E-state index is -3.79. The smallest absolute Gasteiger partial charge is 0.241 e. The number of rotatable bonds is 5. The first-order chi connectivity index (χ1) is 13.5. The second-order valence-electron chi connectivity index (χ2n) is 8.65. The molecule has 1 heterocycles. The number of anilines is 1. The molecule has 0 atom stereocenters. The van der Waals surface area contributed by atoms with Crippen molar-refractivity contribution in [2.45, 2.75) is 76.2 Å². The van der Waals surface area contributed by atoms with E-state index >= 15 is 0 Å². The fourth-order valence-corrected chi connectivity index (χ4v) is 6.49. The first-order valence-electron chi connectivity index (χ1n) is 9.97. The summed E-state index contributed by atoms with van der Waals surface area (Å²) in [5.74, 6) is 0.219. The summed E-state index contributed by atoms with van der Waals surface area (Å²) in [6, 6.07) is 5.00. The minimum absolute atomic E-state index is 0.150. The Morgan fingerprint density at radius 1 is 1.17 bits per heavy atom. The van der Waals surface area contributed by atoms with Crippen LogP contribution in [-0.2, 0) is 14.8 Å². The molecular weight excluding hydrogens is 406 g/mol. The predicted molar refractivity (Wildman–Crippen MR) is 118 cm³/mol. The van der Waals surface area contributed by atoms with E-state index in [1.54, 1.807) is 50.4 Å². The Bertz CT molecular complexity index is 985. The summed E-state index contributed by atoms with van der Waals surface area (Å²) in [7, 11) is -3.79. The van der Waals surface area contributed by atoms with Gasteiger partial charge in [-0.3, -0.25) is 4.79 Å². The van der Waals surface area contributed by atoms with Crippen molar-refractivity contribution in [2.24, 2.45) is 0 Å². The summed E-state index contributed by atoms with van der Waals surface area (Å²) in [4.78, 5) is 17.0. The van der Waals surface area contributed by atoms with E-state index in [1.165, 1.54) is 32.3 Å². The zero-order valence-corrected chi connectivity index (χ0v) is 19.0. The molecular formula is C21H29N3O3S2. The molecule has 0 bridgehead atoms. The number of aromatic nitrogens is 1. The van der Waals surface area contributed by atoms with Gasteiger partial charge in [0.25, 0.3) is 0 Å². The van der Waals surface area contributed by atoms with Crippen LogP contribution in [0, 0.1) is 0 Å². The highest BCUT2D eigenvalue weighted by Gasteiger charge is 2.27. The maximum absolute atomic E-state index is 13.1. The number of sulfonamides is 1. The van der Waals surface area contributed by atoms with Gasteiger partial charge in [-0.1, -0.05) is 25.3 Å². The predicted octanol–water partition coefficient (Wildman–Crippen LogP) is 4.89. The Balaban J connectivity index is 2.03. The van der Waals surface area contributed by atoms with Gasteiger partial charge in [0.05, 0.1) is 14.8 Å². The molecule has 0 aliphatic heterocycles. The zero-order chi connectivity index (χ0) is 21.2. The van der Waals surface area contributed by atoms with Crippen molar-refractivity contribution < 1.29 is 13.2 Å². The lowest BCUT2D eigenvalue weighted by Crippen LogP contribution is -2.40. The van der Waals surface area contributed by atoms with E-state index in [-0.39, 0.29) is 10.8 Å². The van der Waals surface area contributed by atoms with E-state index in [1.807, 2.05) is 0 Å². The van der Waals surface area contributed by atoms with E-state index in [9.17, 15) is 13.2 Å². The Morgan fingerprint density at radius 3 is 2.48 bits per heavy atom. The normalized spacial score (nSPS) is 16.0. The molecule has 1 aliphatic carbocycles. The van der Waals surface area contributed by atoms with Crippen LogP contribution in [0.2, 0.25) is 0 Å². The second kappa shape index (κ2) is 8.53. The molecule has 2 N–H and O–H groups in total. The van der Waals surface area contributed by atoms with Crippen LogP contribution in [0.5, 0.6) is 0 Å². The van der Waals surface area contributed by atoms with Gasteiger partial charge >= 0.3 is 0 Å². The summed E-state index contributed by atoms with van der Waals surface area (Å²) >= 11 is 1.57. The summed E-state index contributed by atoms with van der Waals surface area (Å²) in [5, 5.41) is 3.75. The Kier molecular flexibility index (Phi) is 6.45. The molecule has 1 amide bonds. The molecule has 8 heteroatoms. The summed E-state index contributed by atoms with van der Waals surface area (Å²) in [5.41, 5.74) is 0.434. The first kappa shape index (κ1) is 21.9. The van der Waals surface area contributed by atoms with E-state index in [0.29, 0.717) is 17.2 Å². The van der Waals surface area contributed by atoms with Gasteiger partial charge in [-0.05, 0) is 45.7 Å². The molecule has 0 radical (unpaired) electrons. The van der Waals surface area contributed by atoms with Gasteiger partial charge in [-0.25, -0.2) is 18.1 Å². The topological polar surface area (TPSA) is 88.2 Å². The maximum Gasteiger partial charge on any atom is 0.241 e. The van der Waals surface area contributed by atoms with Crippen LogP contribution >= 0.6 is 11.3 Å². The van der Waals surface area contributed by atoms with Crippen LogP contribution in [0.4, 0.5) is 5.69 Å². The number of hydrogen-bond acceptors (Lipinski definition) is 5. The molecule has 1 aromatic heterocycles. The van der Waals surface area contributed by atoms with Gasteiger partial charge in [-0.15, -0.1) is 11.3 Å². The summed E-state index contributed by atoms with van der Waals surface area (Å²) in [6.07, 6.45) is 7.79. The highest BCUT2D eigenvalue weighted by Crippen LogP contribution is 2.39. The third-order valence-corrected chi connectivity index (χ3v) is 7.77. The molecule has 1 aromatic carbocycles. The number of hydrogen-bond donors (Lipinski definition) is 2. The summed E-state index contributed by atoms with van der Waals surface area (Å²) < 4.78 is 29.0. The number of amides is 1. The highest BCUT2D eigenvalue weighted by molar-refractivity contribution is 7.89. The van der Waals surface area contributed by atoms with Crippen molar-refractivity contribution in [3.05, 3.63) is 29.4 Å². The zero-order valence-electron chi connectivity index (χ0n) is 17.4. The molecule has 1 fully saturated rings. The SMILES string of the molecule is CC(=O)Nc1ccc(-c2cnc(C3CCCCC3)s2)c(S(=O)(=O)NC(C)(C)C)c1. The van der Waals surface area contributed by atoms with E-state index < -0.39 is 15.6 Å². The average Bonchev–Trinajstić information content (AvgIpc) is 3.10. The maximum atomic E-state index is 13.1. The lowest BCUT2D eigenvalue weighted by Gasteiger charge is -2.22. The van der Waals surface area contributed by atoms with Gasteiger partial charge in [-0.2, -0.15) is 0 Å². The summed E-state index contributed by atoms with van der Waals surface area (Å²) in [6.45, 7) is 6.80. The quantitative estimate of drug-likeness (QED) is 0.700. The first-order valence-corrected chi connectivity index (χ1v) is 12.3. The van der Waals surface area contributed by atoms with Crippen LogP contribution in [0.1, 0.15) is 70.7 Å². The highest BCUT2D eigenvalue weighted by atomic mass is 32.2. The molecule has 1 aliphatic rings. The Hall–Kier alpha value is -1.77. The van der Waals surface area contributed by atoms with Crippen molar-refractivity contribution in [1.82, 2.24) is 9.71 Å². The molecule has 6 nitrogen and oxygen atoms in total. The van der Waals surface area contributed by atoms with Crippen LogP contribution in [-0.4, -0.2) is 24.8 Å². The van der Waals surface area contributed by atoms with Gasteiger partial charge in [0, 0.05) is 35.8 Å². The number of carbonyl (C=O) groups is 1. The van der Waals surface area contributed by atoms with E-state index in [2.05, 4.69) is 15.0 Å². The van der Waals surface area contributed by atoms with Gasteiger partial charge in [0.2, 0.25) is 15.9 Å². The number of nitrogens with one attached hydrogen (secondary N) is 2. The van der Waals surface area contributed by atoms with Gasteiger partial charge in [0.1, 0.15) is 0 Å². The number of nitrogens with zero attached hydrogens (tertiary/aromatic N) is 1. The van der Waals surface area contributed by atoms with Crippen LogP contribution in [0.15, 0.2) is 29.3 Å². The fraction of sp³-hybridized carbons (Fsp3) is 0.524. The molecule has 29 heavy (non-hydrogen) atoms. The second-order valence-corrected chi connectivity index (χ2v) is 11.4.